The molecule has 3 aromatic rings. The van der Waals surface area contributed by atoms with Gasteiger partial charge in [0.25, 0.3) is 0 Å². The van der Waals surface area contributed by atoms with Gasteiger partial charge >= 0.3 is 0 Å². The van der Waals surface area contributed by atoms with Crippen LogP contribution in [0.2, 0.25) is 0 Å². The van der Waals surface area contributed by atoms with Crippen LogP contribution < -0.4 is 11.3 Å². The number of rotatable bonds is 3. The molecule has 0 aliphatic heterocycles. The smallest absolute Gasteiger partial charge is 0.137 e. The van der Waals surface area contributed by atoms with Crippen LogP contribution in [0.3, 0.4) is 0 Å². The number of nitrogens with zero attached hydrogens (tertiary/aromatic N) is 2. The Balaban J connectivity index is 2.09. The van der Waals surface area contributed by atoms with E-state index < -0.39 is 0 Å². The van der Waals surface area contributed by atoms with Crippen LogP contribution in [0.15, 0.2) is 47.1 Å². The van der Waals surface area contributed by atoms with Crippen molar-refractivity contribution in [3.05, 3.63) is 59.6 Å². The Bertz CT molecular complexity index is 693. The molecule has 1 atom stereocenters. The lowest BCUT2D eigenvalue weighted by Crippen LogP contribution is -2.28. The summed E-state index contributed by atoms with van der Waals surface area (Å²) in [5, 5.41) is 8.69. The number of para-hydroxylation sites is 1. The van der Waals surface area contributed by atoms with Crippen molar-refractivity contribution in [3.63, 3.8) is 0 Å². The fourth-order valence-corrected chi connectivity index (χ4v) is 2.19. The Kier molecular flexibility index (Phi) is 2.98. The number of hydrazine groups is 1. The van der Waals surface area contributed by atoms with Crippen molar-refractivity contribution in [2.24, 2.45) is 5.84 Å². The second-order valence-corrected chi connectivity index (χ2v) is 4.42. The summed E-state index contributed by atoms with van der Waals surface area (Å²) in [5.41, 5.74) is 5.66. The molecule has 0 bridgehead atoms. The lowest BCUT2D eigenvalue weighted by molar-refractivity contribution is 0.475. The summed E-state index contributed by atoms with van der Waals surface area (Å²) in [7, 11) is 0. The van der Waals surface area contributed by atoms with Crippen molar-refractivity contribution >= 4 is 11.0 Å². The van der Waals surface area contributed by atoms with E-state index in [1.54, 1.807) is 12.4 Å². The molecule has 0 saturated carbocycles. The van der Waals surface area contributed by atoms with Crippen LogP contribution in [0, 0.1) is 6.92 Å². The SMILES string of the molecule is Cc1cccc2cc(C(NN)c3ccnnc3)oc12. The van der Waals surface area contributed by atoms with Crippen molar-refractivity contribution in [1.82, 2.24) is 15.6 Å². The van der Waals surface area contributed by atoms with Crippen LogP contribution in [0.1, 0.15) is 22.9 Å². The number of hydrogen-bond acceptors (Lipinski definition) is 5. The quantitative estimate of drug-likeness (QED) is 0.552. The number of aryl methyl sites for hydroxylation is 1. The molecule has 2 heterocycles. The highest BCUT2D eigenvalue weighted by Gasteiger charge is 2.18. The summed E-state index contributed by atoms with van der Waals surface area (Å²) >= 11 is 0. The van der Waals surface area contributed by atoms with E-state index in [2.05, 4.69) is 15.6 Å². The molecule has 0 fully saturated rings. The van der Waals surface area contributed by atoms with Crippen LogP contribution in [0.4, 0.5) is 0 Å². The van der Waals surface area contributed by atoms with Gasteiger partial charge in [-0.1, -0.05) is 18.2 Å². The molecule has 0 radical (unpaired) electrons. The lowest BCUT2D eigenvalue weighted by atomic mass is 10.1. The Morgan fingerprint density at radius 1 is 1.26 bits per heavy atom. The Morgan fingerprint density at radius 2 is 2.16 bits per heavy atom. The van der Waals surface area contributed by atoms with E-state index in [4.69, 9.17) is 10.3 Å². The molecule has 1 aromatic carbocycles. The first kappa shape index (κ1) is 11.8. The second-order valence-electron chi connectivity index (χ2n) is 4.42. The summed E-state index contributed by atoms with van der Waals surface area (Å²) in [6, 6.07) is 9.67. The number of nitrogens with one attached hydrogen (secondary N) is 1. The van der Waals surface area contributed by atoms with E-state index in [1.165, 1.54) is 0 Å². The third kappa shape index (κ3) is 2.09. The molecular formula is C14H14N4O. The number of furan rings is 1. The minimum absolute atomic E-state index is 0.234. The van der Waals surface area contributed by atoms with Gasteiger partial charge in [0.05, 0.1) is 6.20 Å². The maximum absolute atomic E-state index is 5.92. The summed E-state index contributed by atoms with van der Waals surface area (Å²) in [5.74, 6) is 6.40. The van der Waals surface area contributed by atoms with Crippen molar-refractivity contribution in [2.75, 3.05) is 0 Å². The van der Waals surface area contributed by atoms with Gasteiger partial charge in [0, 0.05) is 11.6 Å². The fourth-order valence-electron chi connectivity index (χ4n) is 2.19. The standard InChI is InChI=1S/C14H14N4O/c1-9-3-2-4-10-7-12(19-14(9)10)13(18-15)11-5-6-16-17-8-11/h2-8,13,18H,15H2,1H3. The van der Waals surface area contributed by atoms with E-state index in [0.717, 1.165) is 27.9 Å². The van der Waals surface area contributed by atoms with Gasteiger partial charge in [0.1, 0.15) is 17.4 Å². The first-order valence-corrected chi connectivity index (χ1v) is 6.01. The van der Waals surface area contributed by atoms with E-state index in [0.29, 0.717) is 0 Å². The van der Waals surface area contributed by atoms with Gasteiger partial charge in [0.2, 0.25) is 0 Å². The number of hydrogen-bond donors (Lipinski definition) is 2. The first-order valence-electron chi connectivity index (χ1n) is 6.01. The van der Waals surface area contributed by atoms with Crippen LogP contribution in [0.25, 0.3) is 11.0 Å². The van der Waals surface area contributed by atoms with E-state index >= 15 is 0 Å². The van der Waals surface area contributed by atoms with E-state index in [1.807, 2.05) is 37.3 Å². The predicted octanol–water partition coefficient (Wildman–Crippen LogP) is 2.08. The van der Waals surface area contributed by atoms with E-state index in [9.17, 15) is 0 Å². The number of fused-ring (bicyclic) bond motifs is 1. The first-order chi connectivity index (χ1) is 9.29. The average Bonchev–Trinajstić information content (AvgIpc) is 2.86. The van der Waals surface area contributed by atoms with Crippen molar-refractivity contribution in [3.8, 4) is 0 Å². The normalized spacial score (nSPS) is 12.7. The summed E-state index contributed by atoms with van der Waals surface area (Å²) in [4.78, 5) is 0. The topological polar surface area (TPSA) is 77.0 Å². The number of benzene rings is 1. The molecule has 0 spiro atoms. The van der Waals surface area contributed by atoms with Crippen molar-refractivity contribution in [2.45, 2.75) is 13.0 Å². The van der Waals surface area contributed by atoms with Gasteiger partial charge in [-0.2, -0.15) is 10.2 Å². The Labute approximate surface area is 110 Å². The van der Waals surface area contributed by atoms with Crippen molar-refractivity contribution in [1.29, 1.82) is 0 Å². The minimum atomic E-state index is -0.234. The van der Waals surface area contributed by atoms with Gasteiger partial charge in [-0.25, -0.2) is 5.43 Å². The van der Waals surface area contributed by atoms with Gasteiger partial charge in [0.15, 0.2) is 0 Å². The largest absolute Gasteiger partial charge is 0.459 e. The molecule has 0 aliphatic carbocycles. The number of aromatic nitrogens is 2. The second kappa shape index (κ2) is 4.79. The number of nitrogens with two attached hydrogens (primary N) is 1. The monoisotopic (exact) mass is 254 g/mol. The zero-order valence-corrected chi connectivity index (χ0v) is 10.5. The molecule has 3 rings (SSSR count). The van der Waals surface area contributed by atoms with Crippen LogP contribution in [-0.2, 0) is 0 Å². The van der Waals surface area contributed by atoms with Gasteiger partial charge in [-0.15, -0.1) is 0 Å². The zero-order chi connectivity index (χ0) is 13.2. The van der Waals surface area contributed by atoms with E-state index in [-0.39, 0.29) is 6.04 Å². The summed E-state index contributed by atoms with van der Waals surface area (Å²) in [6.45, 7) is 2.02. The lowest BCUT2D eigenvalue weighted by Gasteiger charge is -2.12. The van der Waals surface area contributed by atoms with Gasteiger partial charge < -0.3 is 4.42 Å². The molecular weight excluding hydrogens is 240 g/mol. The molecule has 96 valence electrons. The average molecular weight is 254 g/mol. The van der Waals surface area contributed by atoms with Crippen LogP contribution >= 0.6 is 0 Å². The molecule has 5 heteroatoms. The van der Waals surface area contributed by atoms with Crippen molar-refractivity contribution < 1.29 is 4.42 Å². The molecule has 3 N–H and O–H groups in total. The molecule has 0 amide bonds. The molecule has 1 unspecified atom stereocenters. The molecule has 2 aromatic heterocycles. The summed E-state index contributed by atoms with van der Waals surface area (Å²) < 4.78 is 5.92. The molecule has 0 aliphatic rings. The highest BCUT2D eigenvalue weighted by Crippen LogP contribution is 2.28. The Morgan fingerprint density at radius 3 is 2.84 bits per heavy atom. The highest BCUT2D eigenvalue weighted by atomic mass is 16.3. The third-order valence-electron chi connectivity index (χ3n) is 3.15. The Hall–Kier alpha value is -2.24. The van der Waals surface area contributed by atoms with Gasteiger partial charge in [-0.05, 0) is 30.2 Å². The van der Waals surface area contributed by atoms with Gasteiger partial charge in [-0.3, -0.25) is 5.84 Å². The summed E-state index contributed by atoms with van der Waals surface area (Å²) in [6.07, 6.45) is 3.30. The maximum Gasteiger partial charge on any atom is 0.137 e. The molecule has 0 saturated heterocycles. The predicted molar refractivity (Wildman–Crippen MR) is 72.1 cm³/mol. The third-order valence-corrected chi connectivity index (χ3v) is 3.15. The fraction of sp³-hybridized carbons (Fsp3) is 0.143. The zero-order valence-electron chi connectivity index (χ0n) is 10.5. The molecule has 5 nitrogen and oxygen atoms in total. The van der Waals surface area contributed by atoms with Crippen LogP contribution in [0.5, 0.6) is 0 Å². The highest BCUT2D eigenvalue weighted by molar-refractivity contribution is 5.81. The van der Waals surface area contributed by atoms with Crippen LogP contribution in [-0.4, -0.2) is 10.2 Å². The maximum atomic E-state index is 5.92. The minimum Gasteiger partial charge on any atom is -0.459 e. The molecule has 19 heavy (non-hydrogen) atoms.